The van der Waals surface area contributed by atoms with E-state index in [0.717, 1.165) is 89.6 Å². The highest BCUT2D eigenvalue weighted by Gasteiger charge is 2.21. The van der Waals surface area contributed by atoms with Crippen molar-refractivity contribution in [3.05, 3.63) is 205 Å². The van der Waals surface area contributed by atoms with E-state index in [4.69, 9.17) is 19.4 Å². The van der Waals surface area contributed by atoms with Crippen molar-refractivity contribution >= 4 is 45.0 Å². The molecule has 0 amide bonds. The molecule has 0 spiro atoms. The molecule has 5 heteroatoms. The number of aromatic nitrogens is 4. The highest BCUT2D eigenvalue weighted by molar-refractivity contribution is 6.10. The van der Waals surface area contributed by atoms with E-state index >= 15 is 0 Å². The number of rotatable bonds is 7. The third-order valence-electron chi connectivity index (χ3n) is 12.4. The van der Waals surface area contributed by atoms with Crippen molar-refractivity contribution in [1.82, 2.24) is 19.5 Å². The van der Waals surface area contributed by atoms with Gasteiger partial charge < -0.3 is 8.98 Å². The minimum absolute atomic E-state index is 0.401. The fourth-order valence-electron chi connectivity index (χ4n) is 9.31. The Morgan fingerprint density at radius 2 is 1.11 bits per heavy atom. The Morgan fingerprint density at radius 1 is 0.460 bits per heavy atom. The predicted octanol–water partition coefficient (Wildman–Crippen LogP) is 13.3. The summed E-state index contributed by atoms with van der Waals surface area (Å²) >= 11 is 0. The fourth-order valence-corrected chi connectivity index (χ4v) is 9.31. The van der Waals surface area contributed by atoms with Crippen molar-refractivity contribution < 1.29 is 4.42 Å². The van der Waals surface area contributed by atoms with Gasteiger partial charge in [0.25, 0.3) is 0 Å². The molecule has 298 valence electrons. The predicted molar refractivity (Wildman–Crippen MR) is 259 cm³/mol. The van der Waals surface area contributed by atoms with Crippen molar-refractivity contribution in [2.45, 2.75) is 13.3 Å². The zero-order valence-electron chi connectivity index (χ0n) is 34.6. The topological polar surface area (TPSA) is 56.7 Å². The van der Waals surface area contributed by atoms with Gasteiger partial charge in [0.15, 0.2) is 17.5 Å². The zero-order chi connectivity index (χ0) is 41.9. The summed E-state index contributed by atoms with van der Waals surface area (Å²) in [6.45, 7) is 2.30. The minimum atomic E-state index is 0.401. The molecule has 0 saturated carbocycles. The molecule has 0 aliphatic heterocycles. The summed E-state index contributed by atoms with van der Waals surface area (Å²) < 4.78 is 8.99. The monoisotopic (exact) mass is 808 g/mol. The van der Waals surface area contributed by atoms with Crippen LogP contribution in [0.1, 0.15) is 13.3 Å². The number of furan rings is 1. The van der Waals surface area contributed by atoms with E-state index in [1.807, 2.05) is 36.4 Å². The third kappa shape index (κ3) is 6.45. The minimum Gasteiger partial charge on any atom is -0.455 e. The van der Waals surface area contributed by atoms with Gasteiger partial charge in [-0.1, -0.05) is 177 Å². The Kier molecular flexibility index (Phi) is 8.78. The standard InChI is InChI=1S/C58H40N4O/c1-37-27-30-46-47-31-28-42(45-24-14-25-49-48-23-11-12-26-54(48)63-55(45)49)35-53(47)62(52(46)33-37)44-29-32-50(51(36-44)39-17-7-3-8-18-39)58-60-56(40-19-9-4-10-20-40)59-57(61-58)43-22-13-21-41(34-43)38-15-5-2-6-16-38/h2-26,28-37H,27H2,1H3. The van der Waals surface area contributed by atoms with Crippen molar-refractivity contribution in [2.75, 3.05) is 0 Å². The lowest BCUT2D eigenvalue weighted by Crippen LogP contribution is -2.31. The molecular formula is C58H40N4O. The van der Waals surface area contributed by atoms with E-state index in [9.17, 15) is 0 Å². The maximum atomic E-state index is 6.54. The smallest absolute Gasteiger partial charge is 0.164 e. The van der Waals surface area contributed by atoms with E-state index in [-0.39, 0.29) is 0 Å². The van der Waals surface area contributed by atoms with Crippen LogP contribution in [-0.4, -0.2) is 19.5 Å². The van der Waals surface area contributed by atoms with Crippen LogP contribution in [0.5, 0.6) is 0 Å². The fraction of sp³-hybridized carbons (Fsp3) is 0.0517. The number of fused-ring (bicyclic) bond motifs is 6. The lowest BCUT2D eigenvalue weighted by atomic mass is 9.97. The van der Waals surface area contributed by atoms with Crippen LogP contribution in [0, 0.1) is 5.92 Å². The summed E-state index contributed by atoms with van der Waals surface area (Å²) in [4.78, 5) is 15.6. The summed E-state index contributed by atoms with van der Waals surface area (Å²) in [5, 5.41) is 5.96. The first-order valence-corrected chi connectivity index (χ1v) is 21.6. The first-order chi connectivity index (χ1) is 31.1. The highest BCUT2D eigenvalue weighted by Crippen LogP contribution is 2.38. The SMILES string of the molecule is CC1C=c2c(c3ccc(-c4cccc5c4oc4ccccc45)cc3n2-c2ccc(-c3nc(-c4ccccc4)nc(-c4cccc(-c5ccccc5)c4)n3)c(-c3ccccc3)c2)=CC1. The van der Waals surface area contributed by atoms with Gasteiger partial charge in [-0.2, -0.15) is 0 Å². The van der Waals surface area contributed by atoms with E-state index in [2.05, 4.69) is 181 Å². The van der Waals surface area contributed by atoms with Crippen LogP contribution in [0.15, 0.2) is 199 Å². The van der Waals surface area contributed by atoms with Crippen molar-refractivity contribution in [3.8, 4) is 73.2 Å². The Morgan fingerprint density at radius 3 is 1.92 bits per heavy atom. The lowest BCUT2D eigenvalue weighted by Gasteiger charge is -2.16. The molecule has 11 aromatic rings. The van der Waals surface area contributed by atoms with Crippen LogP contribution in [0.3, 0.4) is 0 Å². The van der Waals surface area contributed by atoms with Gasteiger partial charge in [-0.25, -0.2) is 15.0 Å². The average Bonchev–Trinajstić information content (AvgIpc) is 3.89. The molecular weight excluding hydrogens is 769 g/mol. The van der Waals surface area contributed by atoms with Crippen LogP contribution in [0.2, 0.25) is 0 Å². The Hall–Kier alpha value is -8.15. The first kappa shape index (κ1) is 36.7. The zero-order valence-corrected chi connectivity index (χ0v) is 34.6. The van der Waals surface area contributed by atoms with E-state index < -0.39 is 0 Å². The van der Waals surface area contributed by atoms with Crippen molar-refractivity contribution in [1.29, 1.82) is 0 Å². The Balaban J connectivity index is 1.07. The van der Waals surface area contributed by atoms with Gasteiger partial charge in [0.1, 0.15) is 11.2 Å². The number of hydrogen-bond donors (Lipinski definition) is 0. The van der Waals surface area contributed by atoms with E-state index in [1.54, 1.807) is 0 Å². The molecule has 5 nitrogen and oxygen atoms in total. The second-order valence-electron chi connectivity index (χ2n) is 16.4. The molecule has 3 heterocycles. The van der Waals surface area contributed by atoms with Crippen LogP contribution < -0.4 is 10.6 Å². The van der Waals surface area contributed by atoms with Crippen LogP contribution in [0.4, 0.5) is 0 Å². The first-order valence-electron chi connectivity index (χ1n) is 21.6. The molecule has 8 aromatic carbocycles. The van der Waals surface area contributed by atoms with Gasteiger partial charge in [-0.15, -0.1) is 0 Å². The number of hydrogen-bond acceptors (Lipinski definition) is 4. The second kappa shape index (κ2) is 15.1. The molecule has 3 aromatic heterocycles. The maximum absolute atomic E-state index is 6.54. The summed E-state index contributed by atoms with van der Waals surface area (Å²) in [6.07, 6.45) is 5.84. The van der Waals surface area contributed by atoms with Crippen LogP contribution in [0.25, 0.3) is 118 Å². The average molecular weight is 809 g/mol. The number of benzene rings is 8. The molecule has 1 aliphatic rings. The molecule has 0 radical (unpaired) electrons. The van der Waals surface area contributed by atoms with Crippen molar-refractivity contribution in [2.24, 2.45) is 5.92 Å². The number of nitrogens with zero attached hydrogens (tertiary/aromatic N) is 4. The van der Waals surface area contributed by atoms with Gasteiger partial charge in [0.2, 0.25) is 0 Å². The van der Waals surface area contributed by atoms with E-state index in [1.165, 1.54) is 16.0 Å². The second-order valence-corrected chi connectivity index (χ2v) is 16.4. The highest BCUT2D eigenvalue weighted by atomic mass is 16.3. The largest absolute Gasteiger partial charge is 0.455 e. The summed E-state index contributed by atoms with van der Waals surface area (Å²) in [6, 6.07) is 68.0. The van der Waals surface area contributed by atoms with Gasteiger partial charge >= 0.3 is 0 Å². The molecule has 1 atom stereocenters. The van der Waals surface area contributed by atoms with Gasteiger partial charge in [-0.05, 0) is 76.6 Å². The number of para-hydroxylation sites is 2. The van der Waals surface area contributed by atoms with Gasteiger partial charge in [0, 0.05) is 49.3 Å². The molecule has 1 aliphatic carbocycles. The molecule has 0 bridgehead atoms. The maximum Gasteiger partial charge on any atom is 0.164 e. The normalized spacial score (nSPS) is 13.5. The van der Waals surface area contributed by atoms with Crippen molar-refractivity contribution in [3.63, 3.8) is 0 Å². The molecule has 0 N–H and O–H groups in total. The van der Waals surface area contributed by atoms with Gasteiger partial charge in [0.05, 0.1) is 10.9 Å². The molecule has 63 heavy (non-hydrogen) atoms. The Bertz CT molecular complexity index is 3660. The summed E-state index contributed by atoms with van der Waals surface area (Å²) in [5.74, 6) is 2.26. The lowest BCUT2D eigenvalue weighted by molar-refractivity contribution is 0.670. The quantitative estimate of drug-likeness (QED) is 0.161. The molecule has 12 rings (SSSR count). The molecule has 0 saturated heterocycles. The molecule has 0 fully saturated rings. The Labute approximate surface area is 364 Å². The van der Waals surface area contributed by atoms with Crippen LogP contribution >= 0.6 is 0 Å². The third-order valence-corrected chi connectivity index (χ3v) is 12.4. The van der Waals surface area contributed by atoms with Crippen LogP contribution in [-0.2, 0) is 0 Å². The van der Waals surface area contributed by atoms with Gasteiger partial charge in [-0.3, -0.25) is 0 Å². The van der Waals surface area contributed by atoms with E-state index in [0.29, 0.717) is 23.4 Å². The molecule has 1 unspecified atom stereocenters. The summed E-state index contributed by atoms with van der Waals surface area (Å²) in [7, 11) is 0. The summed E-state index contributed by atoms with van der Waals surface area (Å²) in [5.41, 5.74) is 13.3.